The first kappa shape index (κ1) is 17.9. The summed E-state index contributed by atoms with van der Waals surface area (Å²) in [5, 5.41) is 13.4. The monoisotopic (exact) mass is 341 g/mol. The minimum absolute atomic E-state index is 0.110. The van der Waals surface area contributed by atoms with Crippen molar-refractivity contribution in [2.75, 3.05) is 13.7 Å². The summed E-state index contributed by atoms with van der Waals surface area (Å²) >= 11 is 0. The van der Waals surface area contributed by atoms with Gasteiger partial charge in [-0.25, -0.2) is 0 Å². The highest BCUT2D eigenvalue weighted by Crippen LogP contribution is 2.29. The van der Waals surface area contributed by atoms with Gasteiger partial charge in [0, 0.05) is 25.1 Å². The van der Waals surface area contributed by atoms with Crippen molar-refractivity contribution < 1.29 is 14.6 Å². The van der Waals surface area contributed by atoms with Crippen LogP contribution in [0.4, 0.5) is 0 Å². The van der Waals surface area contributed by atoms with E-state index in [1.165, 1.54) is 11.1 Å². The van der Waals surface area contributed by atoms with Gasteiger partial charge in [0.15, 0.2) is 0 Å². The van der Waals surface area contributed by atoms with Crippen molar-refractivity contribution in [1.82, 2.24) is 5.32 Å². The molecule has 0 saturated heterocycles. The predicted molar refractivity (Wildman–Crippen MR) is 98.5 cm³/mol. The fourth-order valence-electron chi connectivity index (χ4n) is 3.51. The third-order valence-electron chi connectivity index (χ3n) is 5.00. The SMILES string of the molecule is COc1ccc(CNC2CCC(OCc3ccccc3)C2CO)cc1. The molecule has 0 amide bonds. The van der Waals surface area contributed by atoms with Crippen LogP contribution in [0.15, 0.2) is 54.6 Å². The van der Waals surface area contributed by atoms with Crippen LogP contribution in [0.1, 0.15) is 24.0 Å². The average Bonchev–Trinajstić information content (AvgIpc) is 3.07. The molecule has 2 N–H and O–H groups in total. The minimum atomic E-state index is 0.110. The molecule has 0 aliphatic heterocycles. The van der Waals surface area contributed by atoms with Crippen LogP contribution >= 0.6 is 0 Å². The van der Waals surface area contributed by atoms with Gasteiger partial charge in [-0.05, 0) is 36.1 Å². The van der Waals surface area contributed by atoms with Crippen molar-refractivity contribution in [3.05, 3.63) is 65.7 Å². The van der Waals surface area contributed by atoms with Crippen LogP contribution in [-0.4, -0.2) is 31.0 Å². The van der Waals surface area contributed by atoms with Crippen LogP contribution in [-0.2, 0) is 17.9 Å². The largest absolute Gasteiger partial charge is 0.497 e. The number of nitrogens with one attached hydrogen (secondary N) is 1. The molecule has 134 valence electrons. The van der Waals surface area contributed by atoms with Crippen molar-refractivity contribution in [3.63, 3.8) is 0 Å². The Morgan fingerprint density at radius 3 is 2.44 bits per heavy atom. The molecule has 3 atom stereocenters. The maximum absolute atomic E-state index is 9.83. The molecule has 3 rings (SSSR count). The van der Waals surface area contributed by atoms with E-state index in [1.807, 2.05) is 30.3 Å². The van der Waals surface area contributed by atoms with Gasteiger partial charge >= 0.3 is 0 Å². The highest BCUT2D eigenvalue weighted by Gasteiger charge is 2.36. The zero-order chi connectivity index (χ0) is 17.5. The maximum Gasteiger partial charge on any atom is 0.118 e. The van der Waals surface area contributed by atoms with Gasteiger partial charge in [0.25, 0.3) is 0 Å². The Kier molecular flexibility index (Phi) is 6.45. The van der Waals surface area contributed by atoms with E-state index in [1.54, 1.807) is 7.11 Å². The van der Waals surface area contributed by atoms with Gasteiger partial charge in [-0.3, -0.25) is 0 Å². The van der Waals surface area contributed by atoms with E-state index >= 15 is 0 Å². The van der Waals surface area contributed by atoms with Crippen LogP contribution in [0.2, 0.25) is 0 Å². The van der Waals surface area contributed by atoms with E-state index in [0.717, 1.165) is 25.1 Å². The highest BCUT2D eigenvalue weighted by atomic mass is 16.5. The molecule has 4 nitrogen and oxygen atoms in total. The summed E-state index contributed by atoms with van der Waals surface area (Å²) in [6, 6.07) is 18.6. The van der Waals surface area contributed by atoms with Crippen LogP contribution in [0, 0.1) is 5.92 Å². The second-order valence-corrected chi connectivity index (χ2v) is 6.59. The molecule has 4 heteroatoms. The summed E-state index contributed by atoms with van der Waals surface area (Å²) < 4.78 is 11.3. The van der Waals surface area contributed by atoms with E-state index in [-0.39, 0.29) is 24.7 Å². The molecule has 0 aromatic heterocycles. The Bertz CT molecular complexity index is 629. The smallest absolute Gasteiger partial charge is 0.118 e. The topological polar surface area (TPSA) is 50.7 Å². The Morgan fingerprint density at radius 2 is 1.76 bits per heavy atom. The van der Waals surface area contributed by atoms with Gasteiger partial charge in [0.05, 0.1) is 19.8 Å². The Hall–Kier alpha value is -1.88. The summed E-state index contributed by atoms with van der Waals surface area (Å²) in [4.78, 5) is 0. The number of hydrogen-bond acceptors (Lipinski definition) is 4. The molecule has 25 heavy (non-hydrogen) atoms. The quantitative estimate of drug-likeness (QED) is 0.774. The number of hydrogen-bond donors (Lipinski definition) is 2. The molecule has 1 aliphatic carbocycles. The third-order valence-corrected chi connectivity index (χ3v) is 5.00. The zero-order valence-electron chi connectivity index (χ0n) is 14.7. The molecule has 0 radical (unpaired) electrons. The second kappa shape index (κ2) is 8.99. The fourth-order valence-corrected chi connectivity index (χ4v) is 3.51. The first-order chi connectivity index (χ1) is 12.3. The number of methoxy groups -OCH3 is 1. The van der Waals surface area contributed by atoms with Gasteiger partial charge < -0.3 is 19.9 Å². The summed E-state index contributed by atoms with van der Waals surface area (Å²) in [5.41, 5.74) is 2.39. The molecule has 3 unspecified atom stereocenters. The third kappa shape index (κ3) is 4.82. The summed E-state index contributed by atoms with van der Waals surface area (Å²) in [5.74, 6) is 1.01. The lowest BCUT2D eigenvalue weighted by Gasteiger charge is -2.24. The lowest BCUT2D eigenvalue weighted by molar-refractivity contribution is -0.00519. The average molecular weight is 341 g/mol. The van der Waals surface area contributed by atoms with Crippen molar-refractivity contribution in [1.29, 1.82) is 0 Å². The van der Waals surface area contributed by atoms with Gasteiger partial charge in [0.1, 0.15) is 5.75 Å². The van der Waals surface area contributed by atoms with Crippen molar-refractivity contribution in [3.8, 4) is 5.75 Å². The highest BCUT2D eigenvalue weighted by molar-refractivity contribution is 5.27. The molecule has 1 aliphatic rings. The molecule has 1 saturated carbocycles. The van der Waals surface area contributed by atoms with Crippen LogP contribution in [0.3, 0.4) is 0 Å². The van der Waals surface area contributed by atoms with Crippen LogP contribution < -0.4 is 10.1 Å². The number of ether oxygens (including phenoxy) is 2. The van der Waals surface area contributed by atoms with E-state index in [9.17, 15) is 5.11 Å². The Labute approximate surface area is 149 Å². The maximum atomic E-state index is 9.83. The van der Waals surface area contributed by atoms with Crippen LogP contribution in [0.25, 0.3) is 0 Å². The summed E-state index contributed by atoms with van der Waals surface area (Å²) in [6.45, 7) is 1.55. The standard InChI is InChI=1S/C21H27NO3/c1-24-18-9-7-16(8-10-18)13-22-20-11-12-21(19(20)14-23)25-15-17-5-3-2-4-6-17/h2-10,19-23H,11-15H2,1H3. The summed E-state index contributed by atoms with van der Waals surface area (Å²) in [6.07, 6.45) is 2.12. The molecule has 0 spiro atoms. The van der Waals surface area contributed by atoms with E-state index in [0.29, 0.717) is 6.61 Å². The van der Waals surface area contributed by atoms with E-state index in [4.69, 9.17) is 9.47 Å². The molecule has 2 aromatic rings. The van der Waals surface area contributed by atoms with Gasteiger partial charge in [0.2, 0.25) is 0 Å². The number of aliphatic hydroxyl groups is 1. The fraction of sp³-hybridized carbons (Fsp3) is 0.429. The lowest BCUT2D eigenvalue weighted by Crippen LogP contribution is -2.38. The molecular formula is C21H27NO3. The minimum Gasteiger partial charge on any atom is -0.497 e. The molecular weight excluding hydrogens is 314 g/mol. The van der Waals surface area contributed by atoms with E-state index < -0.39 is 0 Å². The van der Waals surface area contributed by atoms with E-state index in [2.05, 4.69) is 29.6 Å². The van der Waals surface area contributed by atoms with Gasteiger partial charge in [-0.15, -0.1) is 0 Å². The molecule has 0 heterocycles. The van der Waals surface area contributed by atoms with Crippen molar-refractivity contribution in [2.24, 2.45) is 5.92 Å². The zero-order valence-corrected chi connectivity index (χ0v) is 14.7. The normalized spacial score (nSPS) is 22.9. The lowest BCUT2D eigenvalue weighted by atomic mass is 10.0. The number of aliphatic hydroxyl groups excluding tert-OH is 1. The van der Waals surface area contributed by atoms with Gasteiger partial charge in [-0.1, -0.05) is 42.5 Å². The molecule has 0 bridgehead atoms. The molecule has 1 fully saturated rings. The first-order valence-electron chi connectivity index (χ1n) is 8.93. The van der Waals surface area contributed by atoms with Crippen molar-refractivity contribution >= 4 is 0 Å². The predicted octanol–water partition coefficient (Wildman–Crippen LogP) is 3.14. The Morgan fingerprint density at radius 1 is 1.00 bits per heavy atom. The number of benzene rings is 2. The first-order valence-corrected chi connectivity index (χ1v) is 8.93. The van der Waals surface area contributed by atoms with Gasteiger partial charge in [-0.2, -0.15) is 0 Å². The number of rotatable bonds is 8. The van der Waals surface area contributed by atoms with Crippen molar-refractivity contribution in [2.45, 2.75) is 38.1 Å². The molecule has 2 aromatic carbocycles. The summed E-state index contributed by atoms with van der Waals surface area (Å²) in [7, 11) is 1.67. The van der Waals surface area contributed by atoms with Crippen LogP contribution in [0.5, 0.6) is 5.75 Å². The second-order valence-electron chi connectivity index (χ2n) is 6.59. The Balaban J connectivity index is 1.50.